The van der Waals surface area contributed by atoms with Gasteiger partial charge in [0.1, 0.15) is 0 Å². The van der Waals surface area contributed by atoms with Crippen molar-refractivity contribution in [3.05, 3.63) is 4.65 Å². The van der Waals surface area contributed by atoms with Crippen LogP contribution in [0.25, 0.3) is 4.65 Å². The molecule has 28 heavy (non-hydrogen) atoms. The molecular formula is C18H42NO6RbSi2. The molecule has 1 aliphatic rings. The predicted octanol–water partition coefficient (Wildman–Crippen LogP) is 0.134. The van der Waals surface area contributed by atoms with Gasteiger partial charge >= 0.3 is 58.2 Å². The second kappa shape index (κ2) is 20.8. The summed E-state index contributed by atoms with van der Waals surface area (Å²) in [6.45, 7) is 20.8. The number of ether oxygens (including phenoxy) is 6. The maximum absolute atomic E-state index is 5.33. The molecule has 1 rings (SSSR count). The van der Waals surface area contributed by atoms with Crippen LogP contribution in [-0.4, -0.2) is 95.8 Å². The first-order chi connectivity index (χ1) is 12.7. The Hall–Kier alpha value is 1.96. The molecule has 0 N–H and O–H groups in total. The Morgan fingerprint density at radius 2 is 0.536 bits per heavy atom. The van der Waals surface area contributed by atoms with Gasteiger partial charge in [0.25, 0.3) is 0 Å². The molecule has 0 aromatic rings. The average Bonchev–Trinajstić information content (AvgIpc) is 2.52. The van der Waals surface area contributed by atoms with E-state index in [0.717, 1.165) is 0 Å². The molecule has 0 radical (unpaired) electrons. The van der Waals surface area contributed by atoms with Crippen molar-refractivity contribution in [2.75, 3.05) is 79.3 Å². The van der Waals surface area contributed by atoms with Gasteiger partial charge in [-0.1, -0.05) is 55.8 Å². The average molecular weight is 510 g/mol. The minimum Gasteiger partial charge on any atom is -0.668 e. The van der Waals surface area contributed by atoms with Crippen LogP contribution in [0.4, 0.5) is 0 Å². The first-order valence-electron chi connectivity index (χ1n) is 9.91. The molecular weight excluding hydrogens is 468 g/mol. The van der Waals surface area contributed by atoms with Crippen LogP contribution in [0.1, 0.15) is 0 Å². The van der Waals surface area contributed by atoms with Gasteiger partial charge in [-0.25, -0.2) is 0 Å². The van der Waals surface area contributed by atoms with Gasteiger partial charge in [0.15, 0.2) is 0 Å². The summed E-state index contributed by atoms with van der Waals surface area (Å²) in [5.41, 5.74) is 0. The minimum atomic E-state index is -1.11. The fourth-order valence-electron chi connectivity index (χ4n) is 2.33. The first kappa shape index (κ1) is 32.1. The van der Waals surface area contributed by atoms with Crippen molar-refractivity contribution in [3.8, 4) is 0 Å². The Morgan fingerprint density at radius 3 is 0.607 bits per heavy atom. The summed E-state index contributed by atoms with van der Waals surface area (Å²) in [5, 5.41) is 0. The first-order valence-corrected chi connectivity index (χ1v) is 16.8. The molecule has 1 saturated heterocycles. The summed E-state index contributed by atoms with van der Waals surface area (Å²) < 4.78 is 36.8. The van der Waals surface area contributed by atoms with Crippen LogP contribution in [0.15, 0.2) is 0 Å². The molecule has 7 nitrogen and oxygen atoms in total. The molecule has 164 valence electrons. The van der Waals surface area contributed by atoms with Crippen LogP contribution in [0, 0.1) is 0 Å². The molecule has 0 bridgehead atoms. The zero-order valence-corrected chi connectivity index (χ0v) is 26.3. The van der Waals surface area contributed by atoms with E-state index >= 15 is 0 Å². The van der Waals surface area contributed by atoms with Crippen LogP contribution in [-0.2, 0) is 28.4 Å². The summed E-state index contributed by atoms with van der Waals surface area (Å²) in [7, 11) is -2.21. The molecule has 0 saturated carbocycles. The van der Waals surface area contributed by atoms with Gasteiger partial charge in [0, 0.05) is 0 Å². The van der Waals surface area contributed by atoms with E-state index < -0.39 is 16.5 Å². The normalized spacial score (nSPS) is 19.9. The zero-order valence-electron chi connectivity index (χ0n) is 19.4. The van der Waals surface area contributed by atoms with Gasteiger partial charge in [-0.15, -0.1) is 0 Å². The number of hydrogen-bond donors (Lipinski definition) is 0. The Bertz CT molecular complexity index is 243. The fourth-order valence-corrected chi connectivity index (χ4v) is 10.4. The van der Waals surface area contributed by atoms with Crippen molar-refractivity contribution in [2.24, 2.45) is 0 Å². The monoisotopic (exact) mass is 509 g/mol. The molecule has 0 amide bonds. The summed E-state index contributed by atoms with van der Waals surface area (Å²) in [6.07, 6.45) is 0. The molecule has 0 atom stereocenters. The largest absolute Gasteiger partial charge is 1.00 e. The third-order valence-corrected chi connectivity index (χ3v) is 8.27. The van der Waals surface area contributed by atoms with Gasteiger partial charge in [-0.05, 0) is 0 Å². The fraction of sp³-hybridized carbons (Fsp3) is 1.00. The molecule has 10 heteroatoms. The zero-order chi connectivity index (χ0) is 20.4. The molecule has 0 spiro atoms. The third kappa shape index (κ3) is 30.2. The van der Waals surface area contributed by atoms with E-state index in [0.29, 0.717) is 79.3 Å². The van der Waals surface area contributed by atoms with Crippen molar-refractivity contribution in [1.29, 1.82) is 0 Å². The van der Waals surface area contributed by atoms with Crippen LogP contribution in [0.2, 0.25) is 39.3 Å². The van der Waals surface area contributed by atoms with E-state index in [1.165, 1.54) is 0 Å². The van der Waals surface area contributed by atoms with Crippen LogP contribution < -0.4 is 58.2 Å². The van der Waals surface area contributed by atoms with Gasteiger partial charge in [-0.2, -0.15) is 0 Å². The van der Waals surface area contributed by atoms with Crippen LogP contribution in [0.5, 0.6) is 0 Å². The second-order valence-electron chi connectivity index (χ2n) is 8.13. The maximum atomic E-state index is 5.33. The number of rotatable bonds is 2. The van der Waals surface area contributed by atoms with Crippen molar-refractivity contribution in [1.82, 2.24) is 0 Å². The summed E-state index contributed by atoms with van der Waals surface area (Å²) in [6, 6.07) is 0. The second-order valence-corrected chi connectivity index (χ2v) is 17.7. The topological polar surface area (TPSA) is 69.5 Å². The van der Waals surface area contributed by atoms with Gasteiger partial charge in [0.05, 0.1) is 79.3 Å². The standard InChI is InChI=1S/C12H24O6.C6H18NSi2.Rb/c1-2-14-5-6-16-9-10-18-12-11-17-8-7-15-4-3-13-1;1-8(2,3)7-9(4,5)6;/h1-12H2;1-6H3;/q;-1;+1. The van der Waals surface area contributed by atoms with Crippen molar-refractivity contribution in [3.63, 3.8) is 0 Å². The summed E-state index contributed by atoms with van der Waals surface area (Å²) >= 11 is 0. The minimum absolute atomic E-state index is 0. The predicted molar refractivity (Wildman–Crippen MR) is 115 cm³/mol. The molecule has 0 aliphatic carbocycles. The Labute approximate surface area is 223 Å². The smallest absolute Gasteiger partial charge is 0.668 e. The SMILES string of the molecule is C1COCCOCCOCCOCCOCCO1.C[Si](C)(C)[N-][Si](C)(C)C.[Rb+]. The number of hydrogen-bond acceptors (Lipinski definition) is 6. The Morgan fingerprint density at radius 1 is 0.393 bits per heavy atom. The van der Waals surface area contributed by atoms with Crippen LogP contribution >= 0.6 is 0 Å². The Balaban J connectivity index is 0. The third-order valence-electron chi connectivity index (χ3n) is 2.90. The van der Waals surface area contributed by atoms with Crippen molar-refractivity contribution >= 4 is 16.5 Å². The summed E-state index contributed by atoms with van der Waals surface area (Å²) in [4.78, 5) is 0. The van der Waals surface area contributed by atoms with Crippen LogP contribution in [0.3, 0.4) is 0 Å². The van der Waals surface area contributed by atoms with E-state index in [2.05, 4.69) is 39.3 Å². The van der Waals surface area contributed by atoms with E-state index in [1.54, 1.807) is 0 Å². The van der Waals surface area contributed by atoms with Gasteiger partial charge < -0.3 is 33.1 Å². The van der Waals surface area contributed by atoms with Crippen molar-refractivity contribution in [2.45, 2.75) is 39.3 Å². The van der Waals surface area contributed by atoms with E-state index in [9.17, 15) is 0 Å². The molecule has 1 aliphatic heterocycles. The molecule has 0 unspecified atom stereocenters. The van der Waals surface area contributed by atoms with E-state index in [-0.39, 0.29) is 58.2 Å². The Kier molecular flexibility index (Phi) is 23.9. The van der Waals surface area contributed by atoms with Crippen molar-refractivity contribution < 1.29 is 86.6 Å². The molecule has 1 fully saturated rings. The molecule has 0 aromatic heterocycles. The molecule has 0 aromatic carbocycles. The quantitative estimate of drug-likeness (QED) is 0.493. The number of nitrogens with zero attached hydrogens (tertiary/aromatic N) is 1. The van der Waals surface area contributed by atoms with Gasteiger partial charge in [-0.3, -0.25) is 0 Å². The summed E-state index contributed by atoms with van der Waals surface area (Å²) in [5.74, 6) is 0. The maximum Gasteiger partial charge on any atom is 1.00 e. The van der Waals surface area contributed by atoms with E-state index in [4.69, 9.17) is 33.1 Å². The molecule has 1 heterocycles. The van der Waals surface area contributed by atoms with E-state index in [1.807, 2.05) is 0 Å². The van der Waals surface area contributed by atoms with Gasteiger partial charge in [0.2, 0.25) is 0 Å².